The Morgan fingerprint density at radius 1 is 1.06 bits per heavy atom. The summed E-state index contributed by atoms with van der Waals surface area (Å²) in [7, 11) is -2.39. The number of para-hydroxylation sites is 1. The van der Waals surface area contributed by atoms with E-state index < -0.39 is 15.9 Å². The van der Waals surface area contributed by atoms with Crippen molar-refractivity contribution in [3.8, 4) is 11.5 Å². The van der Waals surface area contributed by atoms with E-state index in [9.17, 15) is 13.2 Å². The van der Waals surface area contributed by atoms with E-state index in [4.69, 9.17) is 21.1 Å². The lowest BCUT2D eigenvalue weighted by atomic mass is 10.1. The highest BCUT2D eigenvalue weighted by Gasteiger charge is 2.17. The van der Waals surface area contributed by atoms with E-state index in [1.807, 2.05) is 12.1 Å². The summed E-state index contributed by atoms with van der Waals surface area (Å²) in [6, 6.07) is 17.8. The number of hydrogen-bond acceptors (Lipinski definition) is 5. The summed E-state index contributed by atoms with van der Waals surface area (Å²) < 4.78 is 38.8. The van der Waals surface area contributed by atoms with Crippen LogP contribution in [0.5, 0.6) is 11.5 Å². The zero-order valence-corrected chi connectivity index (χ0v) is 19.4. The van der Waals surface area contributed by atoms with Crippen molar-refractivity contribution in [1.82, 2.24) is 0 Å². The molecular formula is C24H23ClN2O5S. The van der Waals surface area contributed by atoms with Crippen LogP contribution in [0.15, 0.2) is 84.3 Å². The molecule has 1 amide bonds. The van der Waals surface area contributed by atoms with Gasteiger partial charge in [-0.2, -0.15) is 0 Å². The van der Waals surface area contributed by atoms with Crippen molar-refractivity contribution in [3.63, 3.8) is 0 Å². The minimum absolute atomic E-state index is 0.0272. The molecule has 172 valence electrons. The van der Waals surface area contributed by atoms with Crippen molar-refractivity contribution in [2.24, 2.45) is 0 Å². The first-order chi connectivity index (χ1) is 15.8. The van der Waals surface area contributed by atoms with Crippen LogP contribution in [0.25, 0.3) is 0 Å². The minimum Gasteiger partial charge on any atom is -0.493 e. The number of anilines is 2. The molecule has 3 aromatic rings. The third kappa shape index (κ3) is 6.50. The van der Waals surface area contributed by atoms with Gasteiger partial charge in [-0.3, -0.25) is 9.52 Å². The average Bonchev–Trinajstić information content (AvgIpc) is 2.80. The Morgan fingerprint density at radius 2 is 1.85 bits per heavy atom. The topological polar surface area (TPSA) is 93.7 Å². The molecule has 0 atom stereocenters. The number of hydrogen-bond donors (Lipinski definition) is 2. The standard InChI is InChI=1S/C24H23ClN2O5S/c1-3-7-17-12-13-22(23(14-17)31-2)32-16-24(28)26-18-8-6-9-19(15-18)33(29,30)27-21-11-5-4-10-20(21)25/h3-6,8-15,27H,1,7,16H2,2H3,(H,26,28). The number of methoxy groups -OCH3 is 1. The SMILES string of the molecule is C=CCc1ccc(OCC(=O)Nc2cccc(S(=O)(=O)Nc3ccccc3Cl)c2)c(OC)c1. The molecule has 0 saturated carbocycles. The lowest BCUT2D eigenvalue weighted by Crippen LogP contribution is -2.21. The summed E-state index contributed by atoms with van der Waals surface area (Å²) in [4.78, 5) is 12.4. The van der Waals surface area contributed by atoms with Gasteiger partial charge in [-0.15, -0.1) is 6.58 Å². The van der Waals surface area contributed by atoms with E-state index in [0.29, 0.717) is 23.6 Å². The summed E-state index contributed by atoms with van der Waals surface area (Å²) in [6.07, 6.45) is 2.46. The zero-order valence-electron chi connectivity index (χ0n) is 17.9. The van der Waals surface area contributed by atoms with Gasteiger partial charge in [0.2, 0.25) is 0 Å². The molecule has 9 heteroatoms. The molecule has 0 aliphatic heterocycles. The number of allylic oxidation sites excluding steroid dienone is 1. The molecule has 0 radical (unpaired) electrons. The molecule has 33 heavy (non-hydrogen) atoms. The number of halogens is 1. The van der Waals surface area contributed by atoms with Gasteiger partial charge in [0.1, 0.15) is 0 Å². The fourth-order valence-corrected chi connectivity index (χ4v) is 4.32. The zero-order chi connectivity index (χ0) is 23.8. The highest BCUT2D eigenvalue weighted by Crippen LogP contribution is 2.28. The van der Waals surface area contributed by atoms with E-state index in [0.717, 1.165) is 5.56 Å². The van der Waals surface area contributed by atoms with Crippen molar-refractivity contribution in [2.75, 3.05) is 23.8 Å². The van der Waals surface area contributed by atoms with E-state index in [1.54, 1.807) is 42.5 Å². The average molecular weight is 487 g/mol. The summed E-state index contributed by atoms with van der Waals surface area (Å²) >= 11 is 6.04. The molecule has 0 aromatic heterocycles. The number of rotatable bonds is 10. The first kappa shape index (κ1) is 24.2. The molecule has 0 unspecified atom stereocenters. The van der Waals surface area contributed by atoms with Gasteiger partial charge in [-0.05, 0) is 54.4 Å². The molecular weight excluding hydrogens is 464 g/mol. The second-order valence-corrected chi connectivity index (χ2v) is 9.02. The lowest BCUT2D eigenvalue weighted by molar-refractivity contribution is -0.118. The van der Waals surface area contributed by atoms with Crippen LogP contribution in [0.3, 0.4) is 0 Å². The highest BCUT2D eigenvalue weighted by molar-refractivity contribution is 7.92. The third-order valence-corrected chi connectivity index (χ3v) is 6.21. The van der Waals surface area contributed by atoms with Crippen LogP contribution in [0.1, 0.15) is 5.56 Å². The van der Waals surface area contributed by atoms with E-state index in [2.05, 4.69) is 16.6 Å². The van der Waals surface area contributed by atoms with E-state index in [1.165, 1.54) is 25.3 Å². The van der Waals surface area contributed by atoms with Gasteiger partial charge >= 0.3 is 0 Å². The maximum Gasteiger partial charge on any atom is 0.262 e. The van der Waals surface area contributed by atoms with Gasteiger partial charge in [-0.1, -0.05) is 41.9 Å². The van der Waals surface area contributed by atoms with Gasteiger partial charge in [0, 0.05) is 5.69 Å². The number of ether oxygens (including phenoxy) is 2. The molecule has 7 nitrogen and oxygen atoms in total. The molecule has 3 rings (SSSR count). The molecule has 0 spiro atoms. The van der Waals surface area contributed by atoms with Crippen molar-refractivity contribution in [1.29, 1.82) is 0 Å². The lowest BCUT2D eigenvalue weighted by Gasteiger charge is -2.13. The Balaban J connectivity index is 1.66. The van der Waals surface area contributed by atoms with E-state index >= 15 is 0 Å². The smallest absolute Gasteiger partial charge is 0.262 e. The van der Waals surface area contributed by atoms with Crippen molar-refractivity contribution in [2.45, 2.75) is 11.3 Å². The van der Waals surface area contributed by atoms with E-state index in [-0.39, 0.29) is 22.2 Å². The fraction of sp³-hybridized carbons (Fsp3) is 0.125. The summed E-state index contributed by atoms with van der Waals surface area (Å²) in [5.41, 5.74) is 1.57. The van der Waals surface area contributed by atoms with Gasteiger partial charge in [0.25, 0.3) is 15.9 Å². The molecule has 0 aliphatic rings. The van der Waals surface area contributed by atoms with Gasteiger partial charge in [0.15, 0.2) is 18.1 Å². The van der Waals surface area contributed by atoms with Gasteiger partial charge in [-0.25, -0.2) is 8.42 Å². The normalized spacial score (nSPS) is 10.8. The molecule has 3 aromatic carbocycles. The predicted octanol–water partition coefficient (Wildman–Crippen LogP) is 4.90. The Bertz CT molecular complexity index is 1260. The highest BCUT2D eigenvalue weighted by atomic mass is 35.5. The van der Waals surface area contributed by atoms with Gasteiger partial charge in [0.05, 0.1) is 22.7 Å². The monoisotopic (exact) mass is 486 g/mol. The van der Waals surface area contributed by atoms with Crippen LogP contribution in [-0.2, 0) is 21.2 Å². The largest absolute Gasteiger partial charge is 0.493 e. The molecule has 0 aliphatic carbocycles. The molecule has 0 bridgehead atoms. The van der Waals surface area contributed by atoms with Crippen LogP contribution in [-0.4, -0.2) is 28.0 Å². The van der Waals surface area contributed by atoms with Crippen molar-refractivity contribution < 1.29 is 22.7 Å². The molecule has 0 heterocycles. The molecule has 2 N–H and O–H groups in total. The fourth-order valence-electron chi connectivity index (χ4n) is 2.95. The number of carbonyl (C=O) groups is 1. The maximum absolute atomic E-state index is 12.7. The quantitative estimate of drug-likeness (QED) is 0.398. The Hall–Kier alpha value is -3.49. The number of benzene rings is 3. The summed E-state index contributed by atoms with van der Waals surface area (Å²) in [5, 5.41) is 2.91. The second kappa shape index (κ2) is 10.9. The van der Waals surface area contributed by atoms with Crippen molar-refractivity contribution in [3.05, 3.63) is 90.0 Å². The Morgan fingerprint density at radius 3 is 2.58 bits per heavy atom. The summed E-state index contributed by atoms with van der Waals surface area (Å²) in [5.74, 6) is 0.461. The Kier molecular flexibility index (Phi) is 7.97. The molecule has 0 saturated heterocycles. The van der Waals surface area contributed by atoms with Crippen LogP contribution < -0.4 is 19.5 Å². The van der Waals surface area contributed by atoms with Crippen LogP contribution >= 0.6 is 11.6 Å². The van der Waals surface area contributed by atoms with Crippen LogP contribution in [0.2, 0.25) is 5.02 Å². The predicted molar refractivity (Wildman–Crippen MR) is 130 cm³/mol. The van der Waals surface area contributed by atoms with Crippen LogP contribution in [0.4, 0.5) is 11.4 Å². The third-order valence-electron chi connectivity index (χ3n) is 4.51. The number of amides is 1. The Labute approximate surface area is 198 Å². The first-order valence-corrected chi connectivity index (χ1v) is 11.8. The summed E-state index contributed by atoms with van der Waals surface area (Å²) in [6.45, 7) is 3.42. The number of carbonyl (C=O) groups excluding carboxylic acids is 1. The second-order valence-electron chi connectivity index (χ2n) is 6.93. The minimum atomic E-state index is -3.91. The first-order valence-electron chi connectivity index (χ1n) is 9.90. The van der Waals surface area contributed by atoms with Crippen molar-refractivity contribution >= 4 is 38.9 Å². The van der Waals surface area contributed by atoms with Crippen LogP contribution in [0, 0.1) is 0 Å². The number of nitrogens with one attached hydrogen (secondary N) is 2. The molecule has 0 fully saturated rings. The number of sulfonamides is 1. The van der Waals surface area contributed by atoms with Gasteiger partial charge < -0.3 is 14.8 Å². The maximum atomic E-state index is 12.7.